The molecule has 4 rings (SSSR count). The van der Waals surface area contributed by atoms with Crippen molar-refractivity contribution in [3.8, 4) is 0 Å². The Labute approximate surface area is 161 Å². The predicted molar refractivity (Wildman–Crippen MR) is 100 cm³/mol. The molecule has 5 nitrogen and oxygen atoms in total. The van der Waals surface area contributed by atoms with Gasteiger partial charge in [0.05, 0.1) is 22.2 Å². The molecule has 3 heterocycles. The molecule has 0 aromatic carbocycles. The predicted octanol–water partition coefficient (Wildman–Crippen LogP) is 3.11. The fraction of sp³-hybridized carbons (Fsp3) is 0.684. The summed E-state index contributed by atoms with van der Waals surface area (Å²) >= 11 is 3.41. The fourth-order valence-corrected chi connectivity index (χ4v) is 5.47. The van der Waals surface area contributed by atoms with Crippen LogP contribution < -0.4 is 4.90 Å². The van der Waals surface area contributed by atoms with Crippen LogP contribution in [0.1, 0.15) is 44.9 Å². The highest BCUT2D eigenvalue weighted by Crippen LogP contribution is 2.44. The van der Waals surface area contributed by atoms with Crippen LogP contribution in [0.2, 0.25) is 0 Å². The van der Waals surface area contributed by atoms with Crippen LogP contribution in [0.4, 0.5) is 10.2 Å². The number of anilines is 1. The van der Waals surface area contributed by atoms with Crippen molar-refractivity contribution >= 4 is 27.7 Å². The lowest BCUT2D eigenvalue weighted by atomic mass is 9.78. The maximum atomic E-state index is 13.4. The van der Waals surface area contributed by atoms with Crippen molar-refractivity contribution in [3.63, 3.8) is 0 Å². The van der Waals surface area contributed by atoms with E-state index in [0.717, 1.165) is 63.9 Å². The maximum absolute atomic E-state index is 13.4. The molecule has 1 aromatic heterocycles. The largest absolute Gasteiger partial charge is 0.393 e. The molecule has 142 valence electrons. The second kappa shape index (κ2) is 7.08. The summed E-state index contributed by atoms with van der Waals surface area (Å²) in [4.78, 5) is 21.8. The van der Waals surface area contributed by atoms with E-state index in [1.165, 1.54) is 12.3 Å². The Morgan fingerprint density at radius 3 is 2.73 bits per heavy atom. The molecule has 2 saturated heterocycles. The quantitative estimate of drug-likeness (QED) is 0.790. The van der Waals surface area contributed by atoms with E-state index in [2.05, 4.69) is 30.7 Å². The molecule has 3 aliphatic rings. The number of carbonyl (C=O) groups excluding carboxylic acids is 1. The van der Waals surface area contributed by atoms with Crippen LogP contribution in [-0.4, -0.2) is 52.7 Å². The zero-order valence-electron chi connectivity index (χ0n) is 14.8. The molecule has 1 N–H and O–H groups in total. The van der Waals surface area contributed by atoms with E-state index in [-0.39, 0.29) is 29.3 Å². The number of halogens is 2. The maximum Gasteiger partial charge on any atom is 0.230 e. The number of nitrogens with zero attached hydrogens (tertiary/aromatic N) is 3. The van der Waals surface area contributed by atoms with Crippen molar-refractivity contribution in [2.45, 2.75) is 57.1 Å². The molecular formula is C19H25BrFN3O2. The summed E-state index contributed by atoms with van der Waals surface area (Å²) in [6.45, 7) is 2.29. The van der Waals surface area contributed by atoms with Gasteiger partial charge in [0.15, 0.2) is 0 Å². The Morgan fingerprint density at radius 2 is 2.00 bits per heavy atom. The van der Waals surface area contributed by atoms with Crippen molar-refractivity contribution in [2.24, 2.45) is 5.41 Å². The Kier molecular flexibility index (Phi) is 4.94. The average Bonchev–Trinajstić information content (AvgIpc) is 2.92. The topological polar surface area (TPSA) is 56.7 Å². The molecular weight excluding hydrogens is 401 g/mol. The monoisotopic (exact) mass is 425 g/mol. The number of aromatic nitrogens is 1. The summed E-state index contributed by atoms with van der Waals surface area (Å²) in [5.41, 5.74) is -0.343. The van der Waals surface area contributed by atoms with Gasteiger partial charge in [0, 0.05) is 25.7 Å². The van der Waals surface area contributed by atoms with Crippen LogP contribution in [0.3, 0.4) is 0 Å². The zero-order chi connectivity index (χ0) is 18.3. The lowest BCUT2D eigenvalue weighted by molar-refractivity contribution is -0.139. The molecule has 1 aliphatic carbocycles. The Bertz CT molecular complexity index is 695. The van der Waals surface area contributed by atoms with Gasteiger partial charge in [-0.2, -0.15) is 0 Å². The molecule has 1 spiro atoms. The van der Waals surface area contributed by atoms with E-state index in [9.17, 15) is 14.3 Å². The Morgan fingerprint density at radius 1 is 1.23 bits per heavy atom. The Hall–Kier alpha value is -1.21. The highest BCUT2D eigenvalue weighted by atomic mass is 79.9. The number of piperidine rings is 1. The van der Waals surface area contributed by atoms with E-state index >= 15 is 0 Å². The summed E-state index contributed by atoms with van der Waals surface area (Å²) in [5.74, 6) is 0.620. The number of likely N-dealkylation sites (tertiary alicyclic amines) is 1. The van der Waals surface area contributed by atoms with Gasteiger partial charge in [0.1, 0.15) is 11.6 Å². The average molecular weight is 426 g/mol. The van der Waals surface area contributed by atoms with E-state index < -0.39 is 0 Å². The first-order valence-corrected chi connectivity index (χ1v) is 10.3. The number of hydrogen-bond donors (Lipinski definition) is 1. The summed E-state index contributed by atoms with van der Waals surface area (Å²) in [6, 6.07) is 1.70. The molecule has 1 aromatic rings. The minimum atomic E-state index is -0.366. The van der Waals surface area contributed by atoms with Gasteiger partial charge in [-0.05, 0) is 66.9 Å². The third kappa shape index (κ3) is 3.24. The number of hydrogen-bond acceptors (Lipinski definition) is 4. The van der Waals surface area contributed by atoms with E-state index in [0.29, 0.717) is 11.0 Å². The minimum Gasteiger partial charge on any atom is -0.393 e. The molecule has 3 fully saturated rings. The van der Waals surface area contributed by atoms with Crippen molar-refractivity contribution in [2.75, 3.05) is 24.5 Å². The van der Waals surface area contributed by atoms with Gasteiger partial charge in [0.2, 0.25) is 5.91 Å². The van der Waals surface area contributed by atoms with Gasteiger partial charge in [0.25, 0.3) is 0 Å². The smallest absolute Gasteiger partial charge is 0.230 e. The first-order valence-electron chi connectivity index (χ1n) is 9.54. The number of pyridine rings is 1. The number of aliphatic hydroxyl groups excluding tert-OH is 1. The number of carbonyl (C=O) groups is 1. The molecule has 1 amide bonds. The zero-order valence-corrected chi connectivity index (χ0v) is 16.4. The number of rotatable bonds is 2. The molecule has 2 aliphatic heterocycles. The SMILES string of the molecule is O=C1N([C@H]2CC[C@@H](O)CC2)CC[C@@]12CCCN(c1ncc(F)cc1Br)C2. The highest BCUT2D eigenvalue weighted by Gasteiger charge is 2.50. The third-order valence-electron chi connectivity index (χ3n) is 6.32. The van der Waals surface area contributed by atoms with Gasteiger partial charge in [-0.25, -0.2) is 9.37 Å². The van der Waals surface area contributed by atoms with E-state index in [1.54, 1.807) is 0 Å². The lowest BCUT2D eigenvalue weighted by Crippen LogP contribution is -2.50. The summed E-state index contributed by atoms with van der Waals surface area (Å²) < 4.78 is 14.0. The van der Waals surface area contributed by atoms with Crippen molar-refractivity contribution < 1.29 is 14.3 Å². The van der Waals surface area contributed by atoms with E-state index in [1.807, 2.05) is 0 Å². The van der Waals surface area contributed by atoms with E-state index in [4.69, 9.17) is 0 Å². The first kappa shape index (κ1) is 18.2. The van der Waals surface area contributed by atoms with Crippen LogP contribution in [-0.2, 0) is 4.79 Å². The van der Waals surface area contributed by atoms with Gasteiger partial charge in [-0.15, -0.1) is 0 Å². The molecule has 1 atom stereocenters. The third-order valence-corrected chi connectivity index (χ3v) is 6.90. The first-order chi connectivity index (χ1) is 12.5. The van der Waals surface area contributed by atoms with Gasteiger partial charge < -0.3 is 14.9 Å². The molecule has 0 radical (unpaired) electrons. The van der Waals surface area contributed by atoms with Crippen LogP contribution in [0.25, 0.3) is 0 Å². The molecule has 0 bridgehead atoms. The highest BCUT2D eigenvalue weighted by molar-refractivity contribution is 9.10. The second-order valence-electron chi connectivity index (χ2n) is 7.98. The van der Waals surface area contributed by atoms with Crippen molar-refractivity contribution in [1.82, 2.24) is 9.88 Å². The van der Waals surface area contributed by atoms with Crippen LogP contribution in [0.15, 0.2) is 16.7 Å². The van der Waals surface area contributed by atoms with Crippen molar-refractivity contribution in [3.05, 3.63) is 22.6 Å². The summed E-state index contributed by atoms with van der Waals surface area (Å²) in [7, 11) is 0. The summed E-state index contributed by atoms with van der Waals surface area (Å²) in [5, 5.41) is 9.74. The van der Waals surface area contributed by atoms with Crippen LogP contribution in [0, 0.1) is 11.2 Å². The Balaban J connectivity index is 1.50. The fourth-order valence-electron chi connectivity index (χ4n) is 4.90. The normalized spacial score (nSPS) is 32.5. The van der Waals surface area contributed by atoms with Gasteiger partial charge in [-0.3, -0.25) is 4.79 Å². The number of aliphatic hydroxyl groups is 1. The minimum absolute atomic E-state index is 0.204. The molecule has 26 heavy (non-hydrogen) atoms. The molecule has 7 heteroatoms. The van der Waals surface area contributed by atoms with Gasteiger partial charge >= 0.3 is 0 Å². The van der Waals surface area contributed by atoms with Crippen molar-refractivity contribution in [1.29, 1.82) is 0 Å². The number of amides is 1. The molecule has 0 unspecified atom stereocenters. The van der Waals surface area contributed by atoms with Gasteiger partial charge in [-0.1, -0.05) is 0 Å². The summed E-state index contributed by atoms with van der Waals surface area (Å²) in [6.07, 6.45) is 7.14. The second-order valence-corrected chi connectivity index (χ2v) is 8.83. The molecule has 1 saturated carbocycles. The standard InChI is InChI=1S/C19H25BrFN3O2/c20-16-10-13(21)11-22-17(16)23-8-1-6-19(12-23)7-9-24(18(19)26)14-2-4-15(25)5-3-14/h10-11,14-15,25H,1-9,12H2/t14-,15+,19-/m1/s1. The van der Waals surface area contributed by atoms with Crippen LogP contribution >= 0.6 is 15.9 Å². The van der Waals surface area contributed by atoms with Crippen LogP contribution in [0.5, 0.6) is 0 Å². The lowest BCUT2D eigenvalue weighted by Gasteiger charge is -2.41.